The number of carbonyl (C=O) groups excluding carboxylic acids is 2. The Morgan fingerprint density at radius 3 is 2.42 bits per heavy atom. The molecule has 0 saturated heterocycles. The SMILES string of the molecule is CC(C)(C)OC(=O)NCCCNCCOCC(N)=O. The summed E-state index contributed by atoms with van der Waals surface area (Å²) in [7, 11) is 0. The largest absolute Gasteiger partial charge is 0.444 e. The molecule has 0 rings (SSSR count). The maximum atomic E-state index is 11.3. The molecule has 0 aliphatic rings. The summed E-state index contributed by atoms with van der Waals surface area (Å²) in [5, 5.41) is 5.77. The fourth-order valence-corrected chi connectivity index (χ4v) is 1.16. The number of nitrogens with one attached hydrogen (secondary N) is 2. The zero-order valence-corrected chi connectivity index (χ0v) is 12.0. The van der Waals surface area contributed by atoms with Gasteiger partial charge in [-0.15, -0.1) is 0 Å². The standard InChI is InChI=1S/C12H25N3O4/c1-12(2,3)19-11(17)15-6-4-5-14-7-8-18-9-10(13)16/h14H,4-9H2,1-3H3,(H2,13,16)(H,15,17). The summed E-state index contributed by atoms with van der Waals surface area (Å²) < 4.78 is 10.1. The molecule has 0 heterocycles. The van der Waals surface area contributed by atoms with Crippen LogP contribution < -0.4 is 16.4 Å². The highest BCUT2D eigenvalue weighted by Crippen LogP contribution is 2.06. The van der Waals surface area contributed by atoms with Crippen molar-refractivity contribution in [3.63, 3.8) is 0 Å². The van der Waals surface area contributed by atoms with E-state index in [1.165, 1.54) is 0 Å². The number of alkyl carbamates (subject to hydrolysis) is 1. The summed E-state index contributed by atoms with van der Waals surface area (Å²) in [5.74, 6) is -0.471. The molecule has 0 atom stereocenters. The van der Waals surface area contributed by atoms with Gasteiger partial charge in [0, 0.05) is 13.1 Å². The zero-order valence-electron chi connectivity index (χ0n) is 12.0. The van der Waals surface area contributed by atoms with Gasteiger partial charge in [0.15, 0.2) is 0 Å². The van der Waals surface area contributed by atoms with Gasteiger partial charge in [0.2, 0.25) is 5.91 Å². The number of carbonyl (C=O) groups is 2. The minimum Gasteiger partial charge on any atom is -0.444 e. The number of nitrogens with two attached hydrogens (primary N) is 1. The van der Waals surface area contributed by atoms with Crippen molar-refractivity contribution in [3.8, 4) is 0 Å². The predicted octanol–water partition coefficient (Wildman–Crippen LogP) is -0.00730. The number of hydrogen-bond acceptors (Lipinski definition) is 5. The van der Waals surface area contributed by atoms with Crippen LogP contribution >= 0.6 is 0 Å². The number of rotatable bonds is 9. The molecule has 0 spiro atoms. The van der Waals surface area contributed by atoms with E-state index < -0.39 is 17.6 Å². The third kappa shape index (κ3) is 14.6. The molecule has 2 amide bonds. The van der Waals surface area contributed by atoms with Gasteiger partial charge in [-0.1, -0.05) is 0 Å². The van der Waals surface area contributed by atoms with Crippen LogP contribution in [0.3, 0.4) is 0 Å². The van der Waals surface area contributed by atoms with Crippen molar-refractivity contribution < 1.29 is 19.1 Å². The minimum absolute atomic E-state index is 0.0537. The lowest BCUT2D eigenvalue weighted by atomic mass is 10.2. The van der Waals surface area contributed by atoms with E-state index in [0.717, 1.165) is 13.0 Å². The van der Waals surface area contributed by atoms with Crippen molar-refractivity contribution in [3.05, 3.63) is 0 Å². The van der Waals surface area contributed by atoms with Gasteiger partial charge in [0.25, 0.3) is 0 Å². The van der Waals surface area contributed by atoms with Gasteiger partial charge in [-0.3, -0.25) is 4.79 Å². The Hall–Kier alpha value is -1.34. The summed E-state index contributed by atoms with van der Waals surface area (Å²) in [5.41, 5.74) is 4.44. The molecule has 0 aromatic heterocycles. The van der Waals surface area contributed by atoms with Crippen molar-refractivity contribution in [2.45, 2.75) is 32.8 Å². The van der Waals surface area contributed by atoms with E-state index >= 15 is 0 Å². The number of primary amides is 1. The molecule has 0 aromatic rings. The van der Waals surface area contributed by atoms with Crippen molar-refractivity contribution >= 4 is 12.0 Å². The lowest BCUT2D eigenvalue weighted by molar-refractivity contribution is -0.122. The molecule has 0 aromatic carbocycles. The Morgan fingerprint density at radius 2 is 1.84 bits per heavy atom. The molecular formula is C12H25N3O4. The molecule has 0 aliphatic heterocycles. The Bertz CT molecular complexity index is 277. The monoisotopic (exact) mass is 275 g/mol. The molecule has 0 unspecified atom stereocenters. The second-order valence-electron chi connectivity index (χ2n) is 5.05. The van der Waals surface area contributed by atoms with Crippen molar-refractivity contribution in [2.75, 3.05) is 32.8 Å². The fraction of sp³-hybridized carbons (Fsp3) is 0.833. The maximum absolute atomic E-state index is 11.3. The van der Waals surface area contributed by atoms with E-state index in [0.29, 0.717) is 19.7 Å². The Kier molecular flexibility index (Phi) is 8.90. The molecule has 19 heavy (non-hydrogen) atoms. The van der Waals surface area contributed by atoms with Crippen molar-refractivity contribution in [1.82, 2.24) is 10.6 Å². The summed E-state index contributed by atoms with van der Waals surface area (Å²) in [6.07, 6.45) is 0.381. The van der Waals surface area contributed by atoms with Gasteiger partial charge in [0.05, 0.1) is 6.61 Å². The Morgan fingerprint density at radius 1 is 1.16 bits per heavy atom. The summed E-state index contributed by atoms with van der Waals surface area (Å²) in [6.45, 7) is 7.77. The van der Waals surface area contributed by atoms with Crippen LogP contribution in [-0.4, -0.2) is 50.4 Å². The number of ether oxygens (including phenoxy) is 2. The van der Waals surface area contributed by atoms with Crippen LogP contribution in [0.5, 0.6) is 0 Å². The second kappa shape index (κ2) is 9.57. The molecule has 0 radical (unpaired) electrons. The first kappa shape index (κ1) is 17.7. The van der Waals surface area contributed by atoms with Crippen LogP contribution in [-0.2, 0) is 14.3 Å². The third-order valence-electron chi connectivity index (χ3n) is 1.87. The molecular weight excluding hydrogens is 250 g/mol. The molecule has 0 bridgehead atoms. The number of amides is 2. The van der Waals surface area contributed by atoms with Crippen LogP contribution in [0.15, 0.2) is 0 Å². The first-order valence-electron chi connectivity index (χ1n) is 6.35. The molecule has 0 aliphatic carbocycles. The van der Waals surface area contributed by atoms with Crippen LogP contribution in [0.25, 0.3) is 0 Å². The van der Waals surface area contributed by atoms with E-state index in [9.17, 15) is 9.59 Å². The van der Waals surface area contributed by atoms with E-state index in [-0.39, 0.29) is 6.61 Å². The summed E-state index contributed by atoms with van der Waals surface area (Å²) >= 11 is 0. The highest BCUT2D eigenvalue weighted by Gasteiger charge is 2.15. The first-order chi connectivity index (χ1) is 8.81. The highest BCUT2D eigenvalue weighted by atomic mass is 16.6. The highest BCUT2D eigenvalue weighted by molar-refractivity contribution is 5.74. The first-order valence-corrected chi connectivity index (χ1v) is 6.35. The van der Waals surface area contributed by atoms with Crippen molar-refractivity contribution in [1.29, 1.82) is 0 Å². The minimum atomic E-state index is -0.472. The molecule has 112 valence electrons. The van der Waals surface area contributed by atoms with Crippen LogP contribution in [0, 0.1) is 0 Å². The average Bonchev–Trinajstić information content (AvgIpc) is 2.24. The predicted molar refractivity (Wildman–Crippen MR) is 71.7 cm³/mol. The van der Waals surface area contributed by atoms with E-state index in [1.807, 2.05) is 20.8 Å². The van der Waals surface area contributed by atoms with Gasteiger partial charge in [0.1, 0.15) is 12.2 Å². The quantitative estimate of drug-likeness (QED) is 0.514. The lowest BCUT2D eigenvalue weighted by Gasteiger charge is -2.19. The van der Waals surface area contributed by atoms with Crippen molar-refractivity contribution in [2.24, 2.45) is 5.73 Å². The maximum Gasteiger partial charge on any atom is 0.407 e. The van der Waals surface area contributed by atoms with Gasteiger partial charge in [-0.2, -0.15) is 0 Å². The molecule has 4 N–H and O–H groups in total. The van der Waals surface area contributed by atoms with Gasteiger partial charge >= 0.3 is 6.09 Å². The Balaban J connectivity index is 3.27. The van der Waals surface area contributed by atoms with E-state index in [4.69, 9.17) is 15.2 Å². The fourth-order valence-electron chi connectivity index (χ4n) is 1.16. The zero-order chi connectivity index (χ0) is 14.7. The van der Waals surface area contributed by atoms with Crippen LogP contribution in [0.2, 0.25) is 0 Å². The van der Waals surface area contributed by atoms with E-state index in [2.05, 4.69) is 10.6 Å². The second-order valence-corrected chi connectivity index (χ2v) is 5.05. The van der Waals surface area contributed by atoms with Crippen LogP contribution in [0.4, 0.5) is 4.79 Å². The summed E-state index contributed by atoms with van der Waals surface area (Å²) in [6, 6.07) is 0. The number of hydrogen-bond donors (Lipinski definition) is 3. The van der Waals surface area contributed by atoms with Gasteiger partial charge < -0.3 is 25.8 Å². The van der Waals surface area contributed by atoms with Gasteiger partial charge in [-0.05, 0) is 33.7 Å². The molecule has 7 nitrogen and oxygen atoms in total. The molecule has 0 saturated carbocycles. The Labute approximate surface area is 114 Å². The normalized spacial score (nSPS) is 11.1. The smallest absolute Gasteiger partial charge is 0.407 e. The summed E-state index contributed by atoms with van der Waals surface area (Å²) in [4.78, 5) is 21.6. The molecule has 0 fully saturated rings. The average molecular weight is 275 g/mol. The van der Waals surface area contributed by atoms with Crippen LogP contribution in [0.1, 0.15) is 27.2 Å². The lowest BCUT2D eigenvalue weighted by Crippen LogP contribution is -2.34. The molecule has 7 heteroatoms. The third-order valence-corrected chi connectivity index (χ3v) is 1.87. The van der Waals surface area contributed by atoms with E-state index in [1.54, 1.807) is 0 Å². The topological polar surface area (TPSA) is 103 Å². The van der Waals surface area contributed by atoms with Gasteiger partial charge in [-0.25, -0.2) is 4.79 Å².